The van der Waals surface area contributed by atoms with E-state index in [-0.39, 0.29) is 0 Å². The van der Waals surface area contributed by atoms with Crippen LogP contribution in [0.15, 0.2) is 0 Å². The van der Waals surface area contributed by atoms with Crippen LogP contribution in [0, 0.1) is 0 Å². The second-order valence-electron chi connectivity index (χ2n) is 3.38. The number of phosphoric ester groups is 1. The van der Waals surface area contributed by atoms with Crippen LogP contribution in [0.3, 0.4) is 0 Å². The molecule has 6 N–H and O–H groups in total. The lowest BCUT2D eigenvalue weighted by Crippen LogP contribution is -2.46. The Morgan fingerprint density at radius 2 is 1.94 bits per heavy atom. The van der Waals surface area contributed by atoms with E-state index >= 15 is 0 Å². The van der Waals surface area contributed by atoms with Crippen molar-refractivity contribution in [3.05, 3.63) is 0 Å². The molecule has 1 aliphatic rings. The minimum atomic E-state index is -4.83. The average Bonchev–Trinajstić information content (AvgIpc) is 2.40. The van der Waals surface area contributed by atoms with Gasteiger partial charge in [0.25, 0.3) is 0 Å². The SMILES string of the molecule is O=P(O)(O)OCC1(O)O[C@H](CO)[C@H](O)[C@@H]1O. The topological polar surface area (TPSA) is 157 Å². The summed E-state index contributed by atoms with van der Waals surface area (Å²) >= 11 is 0. The first-order chi connectivity index (χ1) is 7.19. The predicted molar refractivity (Wildman–Crippen MR) is 46.9 cm³/mol. The molecule has 10 heteroatoms. The summed E-state index contributed by atoms with van der Waals surface area (Å²) < 4.78 is 19.0. The molecule has 0 amide bonds. The van der Waals surface area contributed by atoms with Gasteiger partial charge in [-0.15, -0.1) is 0 Å². The first-order valence-corrected chi connectivity index (χ1v) is 5.80. The van der Waals surface area contributed by atoms with Crippen LogP contribution in [0.25, 0.3) is 0 Å². The van der Waals surface area contributed by atoms with Gasteiger partial charge in [-0.25, -0.2) is 4.57 Å². The Bertz CT molecular complexity index is 290. The maximum atomic E-state index is 10.4. The fraction of sp³-hybridized carbons (Fsp3) is 1.00. The van der Waals surface area contributed by atoms with E-state index in [2.05, 4.69) is 9.26 Å². The number of phosphoric acid groups is 1. The van der Waals surface area contributed by atoms with Crippen molar-refractivity contribution in [1.82, 2.24) is 0 Å². The molecule has 0 spiro atoms. The van der Waals surface area contributed by atoms with E-state index in [1.807, 2.05) is 0 Å². The number of ether oxygens (including phenoxy) is 1. The van der Waals surface area contributed by atoms with Gasteiger partial charge in [-0.1, -0.05) is 0 Å². The van der Waals surface area contributed by atoms with Crippen molar-refractivity contribution in [1.29, 1.82) is 0 Å². The zero-order valence-corrected chi connectivity index (χ0v) is 8.90. The van der Waals surface area contributed by atoms with Gasteiger partial charge in [0.1, 0.15) is 24.9 Å². The summed E-state index contributed by atoms with van der Waals surface area (Å²) in [6, 6.07) is 0. The van der Waals surface area contributed by atoms with E-state index in [0.29, 0.717) is 0 Å². The molecule has 16 heavy (non-hydrogen) atoms. The highest BCUT2D eigenvalue weighted by Gasteiger charge is 2.54. The maximum Gasteiger partial charge on any atom is 0.469 e. The molecule has 0 aromatic rings. The molecule has 96 valence electrons. The maximum absolute atomic E-state index is 10.4. The standard InChI is InChI=1S/C6H13O9P/c7-1-3-4(8)5(9)6(10,15-3)2-14-16(11,12)13/h3-5,7-10H,1-2H2,(H2,11,12,13)/t3-,4+,5+,6?/m1/s1. The first kappa shape index (κ1) is 14.0. The minimum Gasteiger partial charge on any atom is -0.394 e. The third-order valence-corrected chi connectivity index (χ3v) is 2.61. The van der Waals surface area contributed by atoms with Gasteiger partial charge in [0.2, 0.25) is 5.79 Å². The average molecular weight is 260 g/mol. The zero-order chi connectivity index (χ0) is 12.6. The highest BCUT2D eigenvalue weighted by Crippen LogP contribution is 2.39. The summed E-state index contributed by atoms with van der Waals surface area (Å²) in [6.45, 7) is -1.71. The van der Waals surface area contributed by atoms with E-state index in [0.717, 1.165) is 0 Å². The summed E-state index contributed by atoms with van der Waals surface area (Å²) in [7, 11) is -4.83. The summed E-state index contributed by atoms with van der Waals surface area (Å²) in [5.41, 5.74) is 0. The molecular formula is C6H13O9P. The van der Waals surface area contributed by atoms with Crippen LogP contribution >= 0.6 is 7.82 Å². The number of aliphatic hydroxyl groups excluding tert-OH is 3. The molecule has 0 aromatic heterocycles. The Morgan fingerprint density at radius 1 is 1.38 bits per heavy atom. The molecular weight excluding hydrogens is 247 g/mol. The van der Waals surface area contributed by atoms with Gasteiger partial charge < -0.3 is 34.9 Å². The largest absolute Gasteiger partial charge is 0.469 e. The van der Waals surface area contributed by atoms with Crippen molar-refractivity contribution in [2.24, 2.45) is 0 Å². The molecule has 1 saturated heterocycles. The fourth-order valence-corrected chi connectivity index (χ4v) is 1.67. The van der Waals surface area contributed by atoms with Gasteiger partial charge in [-0.3, -0.25) is 4.52 Å². The third-order valence-electron chi connectivity index (χ3n) is 2.14. The number of rotatable bonds is 4. The summed E-state index contributed by atoms with van der Waals surface area (Å²) in [5.74, 6) is -2.46. The van der Waals surface area contributed by atoms with E-state index in [1.54, 1.807) is 0 Å². The zero-order valence-electron chi connectivity index (χ0n) is 8.00. The van der Waals surface area contributed by atoms with Crippen molar-refractivity contribution in [3.8, 4) is 0 Å². The second kappa shape index (κ2) is 4.65. The molecule has 1 rings (SSSR count). The Balaban J connectivity index is 2.67. The van der Waals surface area contributed by atoms with Crippen molar-refractivity contribution < 1.29 is 44.0 Å². The van der Waals surface area contributed by atoms with Crippen LogP contribution in [0.2, 0.25) is 0 Å². The van der Waals surface area contributed by atoms with E-state index in [9.17, 15) is 19.9 Å². The first-order valence-electron chi connectivity index (χ1n) is 4.27. The second-order valence-corrected chi connectivity index (χ2v) is 4.62. The van der Waals surface area contributed by atoms with Crippen LogP contribution < -0.4 is 0 Å². The van der Waals surface area contributed by atoms with Gasteiger partial charge in [0, 0.05) is 0 Å². The molecule has 9 nitrogen and oxygen atoms in total. The summed E-state index contributed by atoms with van der Waals surface area (Å²) in [5, 5.41) is 36.9. The summed E-state index contributed by atoms with van der Waals surface area (Å²) in [4.78, 5) is 16.8. The molecule has 1 heterocycles. The third kappa shape index (κ3) is 2.98. The Morgan fingerprint density at radius 3 is 2.31 bits per heavy atom. The Kier molecular flexibility index (Phi) is 4.06. The Labute approximate surface area is 90.1 Å². The van der Waals surface area contributed by atoms with Gasteiger partial charge in [0.15, 0.2) is 0 Å². The molecule has 0 bridgehead atoms. The quantitative estimate of drug-likeness (QED) is 0.288. The monoisotopic (exact) mass is 260 g/mol. The smallest absolute Gasteiger partial charge is 0.394 e. The number of aliphatic hydroxyl groups is 4. The lowest BCUT2D eigenvalue weighted by Gasteiger charge is -2.25. The van der Waals surface area contributed by atoms with Gasteiger partial charge >= 0.3 is 7.82 Å². The van der Waals surface area contributed by atoms with Crippen LogP contribution in [-0.2, 0) is 13.8 Å². The number of hydrogen-bond acceptors (Lipinski definition) is 7. The highest BCUT2D eigenvalue weighted by molar-refractivity contribution is 7.46. The number of hydrogen-bond donors (Lipinski definition) is 6. The minimum absolute atomic E-state index is 0.670. The van der Waals surface area contributed by atoms with Crippen LogP contribution in [0.5, 0.6) is 0 Å². The van der Waals surface area contributed by atoms with Crippen LogP contribution in [0.1, 0.15) is 0 Å². The normalized spacial score (nSPS) is 40.2. The predicted octanol–water partition coefficient (Wildman–Crippen LogP) is -3.10. The molecule has 4 atom stereocenters. The molecule has 0 radical (unpaired) electrons. The molecule has 0 aliphatic carbocycles. The molecule has 1 aliphatic heterocycles. The van der Waals surface area contributed by atoms with Crippen molar-refractivity contribution in [3.63, 3.8) is 0 Å². The van der Waals surface area contributed by atoms with Crippen molar-refractivity contribution in [2.75, 3.05) is 13.2 Å². The van der Waals surface area contributed by atoms with E-state index in [1.165, 1.54) is 0 Å². The molecule has 1 unspecified atom stereocenters. The van der Waals surface area contributed by atoms with Gasteiger partial charge in [-0.05, 0) is 0 Å². The van der Waals surface area contributed by atoms with Gasteiger partial charge in [0.05, 0.1) is 6.61 Å². The van der Waals surface area contributed by atoms with Crippen LogP contribution in [0.4, 0.5) is 0 Å². The van der Waals surface area contributed by atoms with Crippen LogP contribution in [-0.4, -0.2) is 67.5 Å². The van der Waals surface area contributed by atoms with Crippen molar-refractivity contribution >= 4 is 7.82 Å². The fourth-order valence-electron chi connectivity index (χ4n) is 1.31. The van der Waals surface area contributed by atoms with Crippen molar-refractivity contribution in [2.45, 2.75) is 24.1 Å². The summed E-state index contributed by atoms with van der Waals surface area (Å²) in [6.07, 6.45) is -4.66. The van der Waals surface area contributed by atoms with Gasteiger partial charge in [-0.2, -0.15) is 0 Å². The molecule has 1 fully saturated rings. The Hall–Kier alpha value is -0.0900. The molecule has 0 aromatic carbocycles. The lowest BCUT2D eigenvalue weighted by molar-refractivity contribution is -0.245. The van der Waals surface area contributed by atoms with E-state index in [4.69, 9.17) is 14.9 Å². The molecule has 0 saturated carbocycles. The highest BCUT2D eigenvalue weighted by atomic mass is 31.2. The van der Waals surface area contributed by atoms with E-state index < -0.39 is 45.1 Å². The lowest BCUT2D eigenvalue weighted by atomic mass is 10.1.